The standard InChI is InChI=1S/C10H12F3NO3S/c11-7-5-8(12)10(9(13)6-7)18(16,17)14-3-1-2-4-15/h5-6,14-15H,1-4H2. The fourth-order valence-corrected chi connectivity index (χ4v) is 2.49. The van der Waals surface area contributed by atoms with Gasteiger partial charge in [-0.2, -0.15) is 0 Å². The third kappa shape index (κ3) is 3.69. The number of halogens is 3. The number of sulfonamides is 1. The molecule has 8 heteroatoms. The second-order valence-electron chi connectivity index (χ2n) is 3.53. The van der Waals surface area contributed by atoms with Crippen molar-refractivity contribution < 1.29 is 26.7 Å². The Morgan fingerprint density at radius 2 is 1.67 bits per heavy atom. The first-order valence-electron chi connectivity index (χ1n) is 5.13. The summed E-state index contributed by atoms with van der Waals surface area (Å²) in [5.41, 5.74) is 0. The second kappa shape index (κ2) is 6.17. The molecule has 102 valence electrons. The molecule has 0 saturated heterocycles. The maximum Gasteiger partial charge on any atom is 0.246 e. The SMILES string of the molecule is O=S(=O)(NCCCCO)c1c(F)cc(F)cc1F. The molecule has 1 rings (SSSR count). The van der Waals surface area contributed by atoms with Crippen LogP contribution >= 0.6 is 0 Å². The van der Waals surface area contributed by atoms with Gasteiger partial charge in [0.25, 0.3) is 0 Å². The number of aliphatic hydroxyl groups excluding tert-OH is 1. The van der Waals surface area contributed by atoms with Crippen molar-refractivity contribution in [2.75, 3.05) is 13.2 Å². The lowest BCUT2D eigenvalue weighted by atomic mass is 10.3. The summed E-state index contributed by atoms with van der Waals surface area (Å²) >= 11 is 0. The van der Waals surface area contributed by atoms with Crippen LogP contribution in [0.5, 0.6) is 0 Å². The van der Waals surface area contributed by atoms with E-state index in [1.807, 2.05) is 4.72 Å². The number of unbranched alkanes of at least 4 members (excludes halogenated alkanes) is 1. The minimum Gasteiger partial charge on any atom is -0.396 e. The Morgan fingerprint density at radius 3 is 2.17 bits per heavy atom. The summed E-state index contributed by atoms with van der Waals surface area (Å²) in [6.45, 7) is -0.180. The third-order valence-corrected chi connectivity index (χ3v) is 3.62. The van der Waals surface area contributed by atoms with Crippen molar-refractivity contribution in [3.05, 3.63) is 29.6 Å². The van der Waals surface area contributed by atoms with Crippen LogP contribution in [0.25, 0.3) is 0 Å². The van der Waals surface area contributed by atoms with Crippen molar-refractivity contribution in [2.45, 2.75) is 17.7 Å². The molecule has 0 radical (unpaired) electrons. The Hall–Kier alpha value is -1.12. The number of benzene rings is 1. The molecule has 0 bridgehead atoms. The molecular weight excluding hydrogens is 271 g/mol. The Morgan fingerprint density at radius 1 is 1.11 bits per heavy atom. The first kappa shape index (κ1) is 14.9. The zero-order chi connectivity index (χ0) is 13.8. The molecule has 0 heterocycles. The largest absolute Gasteiger partial charge is 0.396 e. The van der Waals surface area contributed by atoms with E-state index in [1.54, 1.807) is 0 Å². The maximum atomic E-state index is 13.2. The maximum absolute atomic E-state index is 13.2. The predicted molar refractivity (Wildman–Crippen MR) is 57.8 cm³/mol. The molecule has 0 aliphatic carbocycles. The van der Waals surface area contributed by atoms with Crippen LogP contribution in [-0.2, 0) is 10.0 Å². The molecule has 0 atom stereocenters. The summed E-state index contributed by atoms with van der Waals surface area (Å²) in [5.74, 6) is -4.16. The van der Waals surface area contributed by atoms with Crippen molar-refractivity contribution >= 4 is 10.0 Å². The van der Waals surface area contributed by atoms with Gasteiger partial charge in [-0.15, -0.1) is 0 Å². The lowest BCUT2D eigenvalue weighted by molar-refractivity contribution is 0.285. The lowest BCUT2D eigenvalue weighted by Crippen LogP contribution is -2.27. The molecule has 1 aromatic rings. The molecule has 4 nitrogen and oxygen atoms in total. The molecule has 1 aromatic carbocycles. The van der Waals surface area contributed by atoms with E-state index in [1.165, 1.54) is 0 Å². The summed E-state index contributed by atoms with van der Waals surface area (Å²) in [6.07, 6.45) is 0.678. The van der Waals surface area contributed by atoms with Gasteiger partial charge >= 0.3 is 0 Å². The summed E-state index contributed by atoms with van der Waals surface area (Å²) in [7, 11) is -4.37. The zero-order valence-electron chi connectivity index (χ0n) is 9.29. The van der Waals surface area contributed by atoms with Crippen LogP contribution in [0, 0.1) is 17.5 Å². The zero-order valence-corrected chi connectivity index (χ0v) is 10.1. The molecule has 0 aliphatic heterocycles. The molecule has 18 heavy (non-hydrogen) atoms. The minimum absolute atomic E-state index is 0.0703. The van der Waals surface area contributed by atoms with Crippen LogP contribution in [0.4, 0.5) is 13.2 Å². The fourth-order valence-electron chi connectivity index (χ4n) is 1.30. The van der Waals surface area contributed by atoms with Crippen molar-refractivity contribution in [1.82, 2.24) is 4.72 Å². The molecule has 0 amide bonds. The van der Waals surface area contributed by atoms with Gasteiger partial charge in [-0.1, -0.05) is 0 Å². The van der Waals surface area contributed by atoms with E-state index >= 15 is 0 Å². The summed E-state index contributed by atoms with van der Waals surface area (Å²) in [4.78, 5) is -1.20. The van der Waals surface area contributed by atoms with Gasteiger partial charge in [-0.3, -0.25) is 0 Å². The molecule has 0 saturated carbocycles. The van der Waals surface area contributed by atoms with E-state index in [0.29, 0.717) is 25.0 Å². The van der Waals surface area contributed by atoms with Gasteiger partial charge in [0, 0.05) is 25.3 Å². The highest BCUT2D eigenvalue weighted by atomic mass is 32.2. The highest BCUT2D eigenvalue weighted by molar-refractivity contribution is 7.89. The third-order valence-electron chi connectivity index (χ3n) is 2.11. The van der Waals surface area contributed by atoms with Crippen LogP contribution in [0.2, 0.25) is 0 Å². The second-order valence-corrected chi connectivity index (χ2v) is 5.23. The molecule has 0 unspecified atom stereocenters. The van der Waals surface area contributed by atoms with Crippen LogP contribution in [0.3, 0.4) is 0 Å². The Balaban J connectivity index is 2.92. The first-order chi connectivity index (χ1) is 8.38. The van der Waals surface area contributed by atoms with Crippen molar-refractivity contribution in [3.8, 4) is 0 Å². The van der Waals surface area contributed by atoms with Crippen LogP contribution in [-0.4, -0.2) is 26.7 Å². The van der Waals surface area contributed by atoms with Crippen molar-refractivity contribution in [2.24, 2.45) is 0 Å². The molecular formula is C10H12F3NO3S. The van der Waals surface area contributed by atoms with Gasteiger partial charge in [0.05, 0.1) is 0 Å². The van der Waals surface area contributed by atoms with Gasteiger partial charge in [0.2, 0.25) is 10.0 Å². The Bertz CT molecular complexity index is 496. The van der Waals surface area contributed by atoms with Crippen LogP contribution < -0.4 is 4.72 Å². The average molecular weight is 283 g/mol. The van der Waals surface area contributed by atoms with E-state index < -0.39 is 32.4 Å². The molecule has 2 N–H and O–H groups in total. The van der Waals surface area contributed by atoms with Crippen LogP contribution in [0.15, 0.2) is 17.0 Å². The average Bonchev–Trinajstić information content (AvgIpc) is 2.22. The highest BCUT2D eigenvalue weighted by Crippen LogP contribution is 2.19. The topological polar surface area (TPSA) is 66.4 Å². The number of hydrogen-bond acceptors (Lipinski definition) is 3. The van der Waals surface area contributed by atoms with E-state index in [9.17, 15) is 21.6 Å². The minimum atomic E-state index is -4.37. The van der Waals surface area contributed by atoms with Gasteiger partial charge < -0.3 is 5.11 Å². The quantitative estimate of drug-likeness (QED) is 0.770. The Labute approximate surface area is 102 Å². The summed E-state index contributed by atoms with van der Waals surface area (Å²) in [6, 6.07) is 0.594. The first-order valence-corrected chi connectivity index (χ1v) is 6.62. The van der Waals surface area contributed by atoms with E-state index in [4.69, 9.17) is 5.11 Å². The molecule has 0 fully saturated rings. The Kier molecular flexibility index (Phi) is 5.12. The molecule has 0 spiro atoms. The number of aliphatic hydroxyl groups is 1. The van der Waals surface area contributed by atoms with Gasteiger partial charge in [-0.05, 0) is 12.8 Å². The molecule has 0 aromatic heterocycles. The van der Waals surface area contributed by atoms with Crippen molar-refractivity contribution in [1.29, 1.82) is 0 Å². The number of hydrogen-bond donors (Lipinski definition) is 2. The van der Waals surface area contributed by atoms with Gasteiger partial charge in [0.1, 0.15) is 17.5 Å². The predicted octanol–water partition coefficient (Wildman–Crippen LogP) is 1.15. The number of rotatable bonds is 6. The smallest absolute Gasteiger partial charge is 0.246 e. The number of nitrogens with one attached hydrogen (secondary N) is 1. The summed E-state index contributed by atoms with van der Waals surface area (Å²) < 4.78 is 64.2. The monoisotopic (exact) mass is 283 g/mol. The van der Waals surface area contributed by atoms with E-state index in [-0.39, 0.29) is 13.2 Å². The van der Waals surface area contributed by atoms with Gasteiger partial charge in [-0.25, -0.2) is 26.3 Å². The van der Waals surface area contributed by atoms with Crippen molar-refractivity contribution in [3.63, 3.8) is 0 Å². The lowest BCUT2D eigenvalue weighted by Gasteiger charge is -2.08. The van der Waals surface area contributed by atoms with E-state index in [2.05, 4.69) is 0 Å². The highest BCUT2D eigenvalue weighted by Gasteiger charge is 2.24. The summed E-state index contributed by atoms with van der Waals surface area (Å²) in [5, 5.41) is 8.49. The van der Waals surface area contributed by atoms with E-state index in [0.717, 1.165) is 0 Å². The normalized spacial score (nSPS) is 11.8. The molecule has 0 aliphatic rings. The van der Waals surface area contributed by atoms with Crippen LogP contribution in [0.1, 0.15) is 12.8 Å². The fraction of sp³-hybridized carbons (Fsp3) is 0.400. The van der Waals surface area contributed by atoms with Gasteiger partial charge in [0.15, 0.2) is 4.90 Å².